The summed E-state index contributed by atoms with van der Waals surface area (Å²) in [5.74, 6) is 0. The molecule has 0 spiro atoms. The molecule has 1 fully saturated rings. The Morgan fingerprint density at radius 1 is 1.38 bits per heavy atom. The van der Waals surface area contributed by atoms with Gasteiger partial charge < -0.3 is 0 Å². The predicted octanol–water partition coefficient (Wildman–Crippen LogP) is 1.14. The molecule has 1 rings (SSSR count). The number of hydrogen-bond acceptors (Lipinski definition) is 3. The normalized spacial score (nSPS) is 24.2. The summed E-state index contributed by atoms with van der Waals surface area (Å²) in [4.78, 5) is 2.42. The minimum absolute atomic E-state index is 0.383. The monoisotopic (exact) mass is 248 g/mol. The second-order valence-electron chi connectivity index (χ2n) is 5.02. The van der Waals surface area contributed by atoms with Crippen LogP contribution < -0.4 is 0 Å². The third kappa shape index (κ3) is 3.71. The number of piperidine rings is 1. The van der Waals surface area contributed by atoms with Gasteiger partial charge in [0.25, 0.3) is 0 Å². The van der Waals surface area contributed by atoms with Crippen LogP contribution in [0.4, 0.5) is 0 Å². The summed E-state index contributed by atoms with van der Waals surface area (Å²) in [5, 5.41) is 0. The van der Waals surface area contributed by atoms with Crippen LogP contribution in [0.5, 0.6) is 0 Å². The van der Waals surface area contributed by atoms with Gasteiger partial charge in [0.2, 0.25) is 10.0 Å². The van der Waals surface area contributed by atoms with E-state index >= 15 is 0 Å². The molecular weight excluding hydrogens is 224 g/mol. The van der Waals surface area contributed by atoms with Crippen LogP contribution in [0.25, 0.3) is 0 Å². The highest BCUT2D eigenvalue weighted by molar-refractivity contribution is 7.88. The second kappa shape index (κ2) is 5.47. The van der Waals surface area contributed by atoms with Crippen molar-refractivity contribution in [1.82, 2.24) is 9.21 Å². The van der Waals surface area contributed by atoms with Gasteiger partial charge in [-0.2, -0.15) is 0 Å². The first-order chi connectivity index (χ1) is 7.32. The Hall–Kier alpha value is -0.130. The summed E-state index contributed by atoms with van der Waals surface area (Å²) in [6.45, 7) is 6.08. The summed E-state index contributed by atoms with van der Waals surface area (Å²) < 4.78 is 24.2. The van der Waals surface area contributed by atoms with E-state index in [0.29, 0.717) is 18.6 Å². The van der Waals surface area contributed by atoms with Gasteiger partial charge in [-0.05, 0) is 33.2 Å². The Balaban J connectivity index is 2.63. The Morgan fingerprint density at radius 3 is 2.50 bits per heavy atom. The summed E-state index contributed by atoms with van der Waals surface area (Å²) in [6, 6.07) is 0.881. The lowest BCUT2D eigenvalue weighted by molar-refractivity contribution is 0.1000. The minimum Gasteiger partial charge on any atom is -0.297 e. The predicted molar refractivity (Wildman–Crippen MR) is 67.0 cm³/mol. The van der Waals surface area contributed by atoms with Gasteiger partial charge in [0.05, 0.1) is 6.26 Å². The molecule has 16 heavy (non-hydrogen) atoms. The van der Waals surface area contributed by atoms with Crippen molar-refractivity contribution < 1.29 is 8.42 Å². The van der Waals surface area contributed by atoms with E-state index in [1.165, 1.54) is 23.4 Å². The van der Waals surface area contributed by atoms with Gasteiger partial charge in [-0.3, -0.25) is 4.90 Å². The molecular formula is C11H24N2O2S. The maximum atomic E-state index is 11.4. The van der Waals surface area contributed by atoms with E-state index < -0.39 is 10.0 Å². The highest BCUT2D eigenvalue weighted by atomic mass is 32.2. The molecule has 0 aromatic rings. The molecule has 0 aromatic heterocycles. The molecule has 96 valence electrons. The van der Waals surface area contributed by atoms with Crippen LogP contribution in [-0.4, -0.2) is 56.1 Å². The molecule has 1 aliphatic rings. The van der Waals surface area contributed by atoms with E-state index in [-0.39, 0.29) is 0 Å². The van der Waals surface area contributed by atoms with Gasteiger partial charge in [-0.25, -0.2) is 12.7 Å². The molecule has 0 bridgehead atoms. The Morgan fingerprint density at radius 2 is 2.00 bits per heavy atom. The average molecular weight is 248 g/mol. The maximum Gasteiger partial charge on any atom is 0.211 e. The number of likely N-dealkylation sites (N-methyl/N-ethyl adjacent to an activating group) is 1. The van der Waals surface area contributed by atoms with E-state index in [4.69, 9.17) is 0 Å². The molecule has 1 unspecified atom stereocenters. The van der Waals surface area contributed by atoms with E-state index in [2.05, 4.69) is 18.7 Å². The molecule has 0 aliphatic carbocycles. The molecule has 0 radical (unpaired) electrons. The number of hydrogen-bond donors (Lipinski definition) is 0. The molecule has 1 saturated heterocycles. The quantitative estimate of drug-likeness (QED) is 0.749. The molecule has 1 aliphatic heterocycles. The van der Waals surface area contributed by atoms with Crippen molar-refractivity contribution in [3.63, 3.8) is 0 Å². The highest BCUT2D eigenvalue weighted by Gasteiger charge is 2.27. The molecule has 1 heterocycles. The van der Waals surface area contributed by atoms with Crippen molar-refractivity contribution in [3.8, 4) is 0 Å². The maximum absolute atomic E-state index is 11.4. The van der Waals surface area contributed by atoms with E-state index in [0.717, 1.165) is 13.0 Å². The third-order valence-corrected chi connectivity index (χ3v) is 4.65. The van der Waals surface area contributed by atoms with Crippen molar-refractivity contribution in [3.05, 3.63) is 0 Å². The topological polar surface area (TPSA) is 40.6 Å². The first-order valence-corrected chi connectivity index (χ1v) is 7.84. The van der Waals surface area contributed by atoms with Crippen molar-refractivity contribution >= 4 is 10.0 Å². The summed E-state index contributed by atoms with van der Waals surface area (Å²) >= 11 is 0. The molecule has 5 heteroatoms. The van der Waals surface area contributed by atoms with Gasteiger partial charge in [0, 0.05) is 25.7 Å². The third-order valence-electron chi connectivity index (χ3n) is 3.37. The largest absolute Gasteiger partial charge is 0.297 e. The molecule has 0 amide bonds. The zero-order valence-corrected chi connectivity index (χ0v) is 11.6. The van der Waals surface area contributed by atoms with E-state index in [9.17, 15) is 8.42 Å². The molecule has 0 saturated carbocycles. The van der Waals surface area contributed by atoms with Crippen LogP contribution in [0.3, 0.4) is 0 Å². The van der Waals surface area contributed by atoms with Crippen molar-refractivity contribution in [2.75, 3.05) is 26.4 Å². The van der Waals surface area contributed by atoms with E-state index in [1.54, 1.807) is 7.05 Å². The lowest BCUT2D eigenvalue weighted by atomic mass is 10.0. The first kappa shape index (κ1) is 13.9. The Labute approximate surface area is 99.7 Å². The van der Waals surface area contributed by atoms with Crippen molar-refractivity contribution in [2.45, 2.75) is 45.2 Å². The zero-order chi connectivity index (χ0) is 12.3. The number of nitrogens with zero attached hydrogens (tertiary/aromatic N) is 2. The fourth-order valence-corrected chi connectivity index (χ4v) is 2.77. The van der Waals surface area contributed by atoms with Gasteiger partial charge in [-0.1, -0.05) is 6.42 Å². The van der Waals surface area contributed by atoms with Crippen LogP contribution in [-0.2, 0) is 10.0 Å². The van der Waals surface area contributed by atoms with Crippen LogP contribution in [0, 0.1) is 0 Å². The number of sulfonamides is 1. The van der Waals surface area contributed by atoms with Crippen LogP contribution >= 0.6 is 0 Å². The van der Waals surface area contributed by atoms with E-state index in [1.807, 2.05) is 0 Å². The SMILES string of the molecule is CC(C)N1CCCCC1CN(C)S(C)(=O)=O. The Bertz CT molecular complexity index is 314. The zero-order valence-electron chi connectivity index (χ0n) is 10.8. The standard InChI is InChI=1S/C11H24N2O2S/c1-10(2)13-8-6-5-7-11(13)9-12(3)16(4,14)15/h10-11H,5-9H2,1-4H3. The highest BCUT2D eigenvalue weighted by Crippen LogP contribution is 2.20. The lowest BCUT2D eigenvalue weighted by Gasteiger charge is -2.40. The smallest absolute Gasteiger partial charge is 0.211 e. The van der Waals surface area contributed by atoms with Gasteiger partial charge in [0.15, 0.2) is 0 Å². The molecule has 0 N–H and O–H groups in total. The summed E-state index contributed by atoms with van der Waals surface area (Å²) in [7, 11) is -1.38. The fraction of sp³-hybridized carbons (Fsp3) is 1.00. The summed E-state index contributed by atoms with van der Waals surface area (Å²) in [5.41, 5.74) is 0. The van der Waals surface area contributed by atoms with Crippen LogP contribution in [0.15, 0.2) is 0 Å². The fourth-order valence-electron chi connectivity index (χ4n) is 2.33. The summed E-state index contributed by atoms with van der Waals surface area (Å²) in [6.07, 6.45) is 4.83. The second-order valence-corrected chi connectivity index (χ2v) is 7.11. The van der Waals surface area contributed by atoms with Crippen molar-refractivity contribution in [1.29, 1.82) is 0 Å². The number of likely N-dealkylation sites (tertiary alicyclic amines) is 1. The molecule has 0 aromatic carbocycles. The number of rotatable bonds is 4. The van der Waals surface area contributed by atoms with Crippen molar-refractivity contribution in [2.24, 2.45) is 0 Å². The van der Waals surface area contributed by atoms with Gasteiger partial charge >= 0.3 is 0 Å². The minimum atomic E-state index is -3.04. The molecule has 1 atom stereocenters. The van der Waals surface area contributed by atoms with Gasteiger partial charge in [-0.15, -0.1) is 0 Å². The Kier molecular flexibility index (Phi) is 4.76. The van der Waals surface area contributed by atoms with Gasteiger partial charge in [0.1, 0.15) is 0 Å². The lowest BCUT2D eigenvalue weighted by Crippen LogP contribution is -2.49. The van der Waals surface area contributed by atoms with Crippen LogP contribution in [0.2, 0.25) is 0 Å². The van der Waals surface area contributed by atoms with Crippen LogP contribution in [0.1, 0.15) is 33.1 Å². The first-order valence-electron chi connectivity index (χ1n) is 5.99. The average Bonchev–Trinajstić information content (AvgIpc) is 2.16. The molecule has 4 nitrogen and oxygen atoms in total.